The Morgan fingerprint density at radius 1 is 1.24 bits per heavy atom. The van der Waals surface area contributed by atoms with Crippen molar-refractivity contribution in [2.24, 2.45) is 12.0 Å². The number of anilines is 1. The number of aromatic nitrogens is 2. The molecule has 1 saturated heterocycles. The maximum atomic E-state index is 12.3. The molecule has 1 atom stereocenters. The van der Waals surface area contributed by atoms with Crippen LogP contribution >= 0.6 is 0 Å². The molecule has 0 bridgehead atoms. The summed E-state index contributed by atoms with van der Waals surface area (Å²) in [4.78, 5) is 25.2. The zero-order valence-electron chi connectivity index (χ0n) is 17.6. The highest BCUT2D eigenvalue weighted by atomic mass is 16.5. The van der Waals surface area contributed by atoms with E-state index in [0.29, 0.717) is 12.4 Å². The zero-order chi connectivity index (χ0) is 20.8. The molecule has 0 saturated carbocycles. The minimum atomic E-state index is -0.0643. The molecule has 2 aromatic rings. The number of piperazine rings is 1. The average molecular weight is 399 g/mol. The number of guanidine groups is 1. The Labute approximate surface area is 171 Å². The van der Waals surface area contributed by atoms with Gasteiger partial charge in [-0.25, -0.2) is 4.98 Å². The van der Waals surface area contributed by atoms with Gasteiger partial charge in [-0.2, -0.15) is 0 Å². The number of ether oxygens (including phenoxy) is 1. The summed E-state index contributed by atoms with van der Waals surface area (Å²) < 4.78 is 7.52. The van der Waals surface area contributed by atoms with E-state index in [1.54, 1.807) is 31.1 Å². The first-order valence-electron chi connectivity index (χ1n) is 9.93. The Bertz CT molecular complexity index is 885. The summed E-state index contributed by atoms with van der Waals surface area (Å²) in [5, 5.41) is 3.40. The van der Waals surface area contributed by atoms with Gasteiger partial charge in [-0.1, -0.05) is 17.7 Å². The van der Waals surface area contributed by atoms with Crippen LogP contribution in [0.2, 0.25) is 0 Å². The highest BCUT2D eigenvalue weighted by Gasteiger charge is 2.22. The Morgan fingerprint density at radius 2 is 1.93 bits per heavy atom. The van der Waals surface area contributed by atoms with Crippen molar-refractivity contribution in [3.63, 3.8) is 0 Å². The van der Waals surface area contributed by atoms with Crippen molar-refractivity contribution >= 4 is 11.8 Å². The largest absolute Gasteiger partial charge is 0.489 e. The Morgan fingerprint density at radius 3 is 2.59 bits per heavy atom. The van der Waals surface area contributed by atoms with Gasteiger partial charge in [0.1, 0.15) is 11.9 Å². The number of hydrogen-bond acceptors (Lipinski definition) is 5. The van der Waals surface area contributed by atoms with Gasteiger partial charge in [-0.15, -0.1) is 0 Å². The van der Waals surface area contributed by atoms with Crippen LogP contribution in [0.3, 0.4) is 0 Å². The predicted molar refractivity (Wildman–Crippen MR) is 116 cm³/mol. The Hall–Kier alpha value is -3.03. The van der Waals surface area contributed by atoms with Crippen molar-refractivity contribution in [2.75, 3.05) is 44.7 Å². The minimum absolute atomic E-state index is 0.00675. The molecule has 2 heterocycles. The highest BCUT2D eigenvalue weighted by molar-refractivity contribution is 5.80. The van der Waals surface area contributed by atoms with Crippen molar-refractivity contribution < 1.29 is 4.74 Å². The molecule has 29 heavy (non-hydrogen) atoms. The fourth-order valence-electron chi connectivity index (χ4n) is 3.29. The third-order valence-corrected chi connectivity index (χ3v) is 5.00. The van der Waals surface area contributed by atoms with Crippen LogP contribution in [-0.4, -0.2) is 66.3 Å². The Balaban J connectivity index is 1.50. The second kappa shape index (κ2) is 9.45. The van der Waals surface area contributed by atoms with Crippen LogP contribution in [0.1, 0.15) is 12.5 Å². The van der Waals surface area contributed by atoms with Gasteiger partial charge in [-0.3, -0.25) is 9.79 Å². The SMILES string of the molecule is CN=C(NCC(C)Oc1ccc(C)cc1)N1CCN(c2nccn(C)c2=O)CC1. The van der Waals surface area contributed by atoms with Gasteiger partial charge >= 0.3 is 0 Å². The first-order chi connectivity index (χ1) is 14.0. The molecule has 1 fully saturated rings. The van der Waals surface area contributed by atoms with Crippen LogP contribution in [0, 0.1) is 6.92 Å². The summed E-state index contributed by atoms with van der Waals surface area (Å²) in [6.45, 7) is 7.74. The fourth-order valence-corrected chi connectivity index (χ4v) is 3.29. The number of nitrogens with zero attached hydrogens (tertiary/aromatic N) is 5. The molecule has 8 nitrogen and oxygen atoms in total. The zero-order valence-corrected chi connectivity index (χ0v) is 17.6. The quantitative estimate of drug-likeness (QED) is 0.604. The van der Waals surface area contributed by atoms with E-state index in [1.807, 2.05) is 36.1 Å². The van der Waals surface area contributed by atoms with Crippen molar-refractivity contribution in [1.82, 2.24) is 19.8 Å². The van der Waals surface area contributed by atoms with Crippen molar-refractivity contribution in [2.45, 2.75) is 20.0 Å². The number of aryl methyl sites for hydroxylation is 2. The van der Waals surface area contributed by atoms with Crippen molar-refractivity contribution in [3.8, 4) is 5.75 Å². The smallest absolute Gasteiger partial charge is 0.293 e. The van der Waals surface area contributed by atoms with Gasteiger partial charge < -0.3 is 24.4 Å². The van der Waals surface area contributed by atoms with E-state index in [0.717, 1.165) is 37.9 Å². The third kappa shape index (κ3) is 5.28. The first kappa shape index (κ1) is 20.7. The summed E-state index contributed by atoms with van der Waals surface area (Å²) >= 11 is 0. The molecule has 0 aliphatic carbocycles. The van der Waals surface area contributed by atoms with Crippen LogP contribution < -0.4 is 20.5 Å². The van der Waals surface area contributed by atoms with Gasteiger partial charge in [0.15, 0.2) is 11.8 Å². The van der Waals surface area contributed by atoms with Crippen LogP contribution in [0.15, 0.2) is 46.4 Å². The highest BCUT2D eigenvalue weighted by Crippen LogP contribution is 2.13. The van der Waals surface area contributed by atoms with Crippen LogP contribution in [0.5, 0.6) is 5.75 Å². The van der Waals surface area contributed by atoms with E-state index in [4.69, 9.17) is 4.74 Å². The topological polar surface area (TPSA) is 75.0 Å². The molecule has 1 unspecified atom stereocenters. The third-order valence-electron chi connectivity index (χ3n) is 5.00. The lowest BCUT2D eigenvalue weighted by molar-refractivity contribution is 0.221. The second-order valence-electron chi connectivity index (χ2n) is 7.31. The monoisotopic (exact) mass is 398 g/mol. The van der Waals surface area contributed by atoms with Gasteiger partial charge in [0.25, 0.3) is 5.56 Å². The molecular weight excluding hydrogens is 368 g/mol. The second-order valence-corrected chi connectivity index (χ2v) is 7.31. The molecule has 0 radical (unpaired) electrons. The van der Waals surface area contributed by atoms with Crippen LogP contribution in [0.25, 0.3) is 0 Å². The Kier molecular flexibility index (Phi) is 6.74. The first-order valence-corrected chi connectivity index (χ1v) is 9.93. The number of hydrogen-bond donors (Lipinski definition) is 1. The van der Waals surface area contributed by atoms with Gasteiger partial charge in [0.05, 0.1) is 6.54 Å². The normalized spacial score (nSPS) is 15.9. The summed E-state index contributed by atoms with van der Waals surface area (Å²) in [6, 6.07) is 8.06. The van der Waals surface area contributed by atoms with Gasteiger partial charge in [-0.05, 0) is 26.0 Å². The standard InChI is InChI=1S/C21H30N6O2/c1-16-5-7-18(8-6-16)29-17(2)15-24-21(22-3)27-13-11-26(12-14-27)19-20(28)25(4)10-9-23-19/h5-10,17H,11-15H2,1-4H3,(H,22,24). The van der Waals surface area contributed by atoms with Gasteiger partial charge in [0.2, 0.25) is 0 Å². The molecule has 1 aromatic carbocycles. The van der Waals surface area contributed by atoms with Crippen LogP contribution in [-0.2, 0) is 7.05 Å². The fraction of sp³-hybridized carbons (Fsp3) is 0.476. The summed E-state index contributed by atoms with van der Waals surface area (Å²) in [6.07, 6.45) is 3.35. The molecule has 156 valence electrons. The molecule has 3 rings (SSSR count). The lowest BCUT2D eigenvalue weighted by atomic mass is 10.2. The molecule has 1 N–H and O–H groups in total. The summed E-state index contributed by atoms with van der Waals surface area (Å²) in [5.41, 5.74) is 1.15. The van der Waals surface area contributed by atoms with E-state index in [-0.39, 0.29) is 11.7 Å². The lowest BCUT2D eigenvalue weighted by Crippen LogP contribution is -2.54. The molecule has 8 heteroatoms. The summed E-state index contributed by atoms with van der Waals surface area (Å²) in [7, 11) is 3.53. The predicted octanol–water partition coefficient (Wildman–Crippen LogP) is 1.25. The summed E-state index contributed by atoms with van der Waals surface area (Å²) in [5.74, 6) is 2.22. The number of rotatable bonds is 5. The van der Waals surface area contributed by atoms with Crippen molar-refractivity contribution in [3.05, 3.63) is 52.6 Å². The van der Waals surface area contributed by atoms with E-state index in [1.165, 1.54) is 5.56 Å². The van der Waals surface area contributed by atoms with E-state index >= 15 is 0 Å². The molecule has 1 aliphatic heterocycles. The van der Waals surface area contributed by atoms with E-state index in [2.05, 4.69) is 27.1 Å². The maximum Gasteiger partial charge on any atom is 0.293 e. The molecular formula is C21H30N6O2. The van der Waals surface area contributed by atoms with Crippen molar-refractivity contribution in [1.29, 1.82) is 0 Å². The number of nitrogens with one attached hydrogen (secondary N) is 1. The van der Waals surface area contributed by atoms with E-state index in [9.17, 15) is 4.79 Å². The lowest BCUT2D eigenvalue weighted by Gasteiger charge is -2.37. The van der Waals surface area contributed by atoms with Crippen LogP contribution in [0.4, 0.5) is 5.82 Å². The van der Waals surface area contributed by atoms with E-state index < -0.39 is 0 Å². The number of aliphatic imine (C=N–C) groups is 1. The molecule has 1 aromatic heterocycles. The molecule has 1 aliphatic rings. The van der Waals surface area contributed by atoms with Gasteiger partial charge in [0, 0.05) is 52.7 Å². The average Bonchev–Trinajstić information content (AvgIpc) is 2.73. The minimum Gasteiger partial charge on any atom is -0.489 e. The number of benzene rings is 1. The molecule has 0 amide bonds. The maximum absolute atomic E-state index is 12.3. The molecule has 0 spiro atoms.